The van der Waals surface area contributed by atoms with Gasteiger partial charge in [-0.25, -0.2) is 13.1 Å². The zero-order chi connectivity index (χ0) is 18.3. The van der Waals surface area contributed by atoms with Crippen LogP contribution in [0.5, 0.6) is 5.75 Å². The van der Waals surface area contributed by atoms with E-state index in [4.69, 9.17) is 9.47 Å². The first kappa shape index (κ1) is 20.2. The molecule has 1 aromatic rings. The maximum Gasteiger partial charge on any atom is 0.212 e. The largest absolute Gasteiger partial charge is 0.497 e. The molecule has 0 aliphatic heterocycles. The van der Waals surface area contributed by atoms with Gasteiger partial charge in [0.1, 0.15) is 5.75 Å². The molecule has 0 aromatic heterocycles. The van der Waals surface area contributed by atoms with Crippen LogP contribution in [0.25, 0.3) is 0 Å². The molecule has 142 valence electrons. The van der Waals surface area contributed by atoms with Crippen molar-refractivity contribution >= 4 is 10.0 Å². The van der Waals surface area contributed by atoms with Gasteiger partial charge in [-0.05, 0) is 42.9 Å². The topological polar surface area (TPSA) is 64.6 Å². The lowest BCUT2D eigenvalue weighted by atomic mass is 10.1. The summed E-state index contributed by atoms with van der Waals surface area (Å²) in [7, 11) is -1.75. The molecular weight excluding hydrogens is 338 g/mol. The zero-order valence-corrected chi connectivity index (χ0v) is 16.3. The molecule has 0 amide bonds. The van der Waals surface area contributed by atoms with E-state index >= 15 is 0 Å². The van der Waals surface area contributed by atoms with Crippen LogP contribution >= 0.6 is 0 Å². The molecule has 2 atom stereocenters. The second-order valence-corrected chi connectivity index (χ2v) is 8.78. The van der Waals surface area contributed by atoms with Crippen molar-refractivity contribution in [1.82, 2.24) is 4.72 Å². The molecule has 6 heteroatoms. The van der Waals surface area contributed by atoms with Crippen molar-refractivity contribution in [3.63, 3.8) is 0 Å². The average Bonchev–Trinajstić information content (AvgIpc) is 3.11. The average molecular weight is 370 g/mol. The van der Waals surface area contributed by atoms with Gasteiger partial charge in [-0.15, -0.1) is 0 Å². The maximum atomic E-state index is 12.5. The monoisotopic (exact) mass is 369 g/mol. The highest BCUT2D eigenvalue weighted by molar-refractivity contribution is 7.89. The normalized spacial score (nSPS) is 18.2. The highest BCUT2D eigenvalue weighted by Crippen LogP contribution is 2.23. The van der Waals surface area contributed by atoms with Crippen LogP contribution in [0.4, 0.5) is 0 Å². The third kappa shape index (κ3) is 6.60. The van der Waals surface area contributed by atoms with E-state index in [2.05, 4.69) is 4.72 Å². The number of hydrogen-bond acceptors (Lipinski definition) is 4. The Bertz CT molecular complexity index is 609. The summed E-state index contributed by atoms with van der Waals surface area (Å²) < 4.78 is 38.9. The first-order valence-corrected chi connectivity index (χ1v) is 10.8. The van der Waals surface area contributed by atoms with E-state index in [1.165, 1.54) is 12.8 Å². The molecule has 1 aliphatic carbocycles. The van der Waals surface area contributed by atoms with Gasteiger partial charge in [-0.1, -0.05) is 38.8 Å². The van der Waals surface area contributed by atoms with Crippen LogP contribution in [0, 0.1) is 5.92 Å². The summed E-state index contributed by atoms with van der Waals surface area (Å²) in [4.78, 5) is 0. The standard InChI is InChI=1S/C19H31NO4S/c1-4-19(16-9-11-17(23-3)12-10-16)20-25(21,22)14-15(2)13-24-18-7-5-6-8-18/h9-12,15,18-20H,4-8,13-14H2,1-3H3/t15-,19+/m0/s1. The molecule has 0 spiro atoms. The van der Waals surface area contributed by atoms with Gasteiger partial charge < -0.3 is 9.47 Å². The van der Waals surface area contributed by atoms with Crippen molar-refractivity contribution in [3.05, 3.63) is 29.8 Å². The first-order valence-electron chi connectivity index (χ1n) is 9.19. The summed E-state index contributed by atoms with van der Waals surface area (Å²) in [6, 6.07) is 7.29. The zero-order valence-electron chi connectivity index (χ0n) is 15.5. The lowest BCUT2D eigenvalue weighted by molar-refractivity contribution is 0.0412. The maximum absolute atomic E-state index is 12.5. The third-order valence-electron chi connectivity index (χ3n) is 4.67. The van der Waals surface area contributed by atoms with Gasteiger partial charge in [0, 0.05) is 6.04 Å². The van der Waals surface area contributed by atoms with E-state index in [0.717, 1.165) is 24.2 Å². The van der Waals surface area contributed by atoms with Crippen molar-refractivity contribution in [2.45, 2.75) is 58.1 Å². The van der Waals surface area contributed by atoms with Crippen LogP contribution in [0.1, 0.15) is 57.6 Å². The molecule has 2 rings (SSSR count). The molecule has 0 unspecified atom stereocenters. The molecule has 1 aromatic carbocycles. The molecule has 1 fully saturated rings. The van der Waals surface area contributed by atoms with E-state index in [9.17, 15) is 8.42 Å². The molecule has 0 radical (unpaired) electrons. The van der Waals surface area contributed by atoms with Crippen molar-refractivity contribution in [3.8, 4) is 5.75 Å². The van der Waals surface area contributed by atoms with Crippen LogP contribution in [-0.2, 0) is 14.8 Å². The number of benzene rings is 1. The summed E-state index contributed by atoms with van der Waals surface area (Å²) in [6.45, 7) is 4.41. The summed E-state index contributed by atoms with van der Waals surface area (Å²) in [5.41, 5.74) is 0.946. The highest BCUT2D eigenvalue weighted by Gasteiger charge is 2.22. The van der Waals surface area contributed by atoms with Gasteiger partial charge in [-0.3, -0.25) is 0 Å². The Labute approximate surface area is 152 Å². The number of sulfonamides is 1. The molecule has 0 bridgehead atoms. The first-order chi connectivity index (χ1) is 11.9. The van der Waals surface area contributed by atoms with Crippen molar-refractivity contribution in [2.24, 2.45) is 5.92 Å². The fraction of sp³-hybridized carbons (Fsp3) is 0.684. The second-order valence-electron chi connectivity index (χ2n) is 6.98. The van der Waals surface area contributed by atoms with Gasteiger partial charge in [0.25, 0.3) is 0 Å². The Hall–Kier alpha value is -1.11. The van der Waals surface area contributed by atoms with Crippen LogP contribution in [0.15, 0.2) is 24.3 Å². The number of hydrogen-bond donors (Lipinski definition) is 1. The molecular formula is C19H31NO4S. The molecule has 0 saturated heterocycles. The number of methoxy groups -OCH3 is 1. The highest BCUT2D eigenvalue weighted by atomic mass is 32.2. The molecule has 1 N–H and O–H groups in total. The smallest absolute Gasteiger partial charge is 0.212 e. The predicted molar refractivity (Wildman–Crippen MR) is 100 cm³/mol. The second kappa shape index (κ2) is 9.55. The van der Waals surface area contributed by atoms with Crippen molar-refractivity contribution < 1.29 is 17.9 Å². The number of ether oxygens (including phenoxy) is 2. The Morgan fingerprint density at radius 2 is 1.84 bits per heavy atom. The minimum absolute atomic E-state index is 0.0218. The Balaban J connectivity index is 1.88. The van der Waals surface area contributed by atoms with E-state index < -0.39 is 10.0 Å². The van der Waals surface area contributed by atoms with E-state index in [0.29, 0.717) is 19.1 Å². The van der Waals surface area contributed by atoms with E-state index in [1.54, 1.807) is 7.11 Å². The molecule has 25 heavy (non-hydrogen) atoms. The van der Waals surface area contributed by atoms with Crippen LogP contribution in [0.3, 0.4) is 0 Å². The van der Waals surface area contributed by atoms with Gasteiger partial charge in [0.2, 0.25) is 10.0 Å². The Kier molecular flexibility index (Phi) is 7.72. The van der Waals surface area contributed by atoms with Gasteiger partial charge in [0.15, 0.2) is 0 Å². The molecule has 5 nitrogen and oxygen atoms in total. The van der Waals surface area contributed by atoms with Crippen molar-refractivity contribution in [1.29, 1.82) is 0 Å². The third-order valence-corrected chi connectivity index (χ3v) is 6.32. The fourth-order valence-electron chi connectivity index (χ4n) is 3.27. The van der Waals surface area contributed by atoms with Gasteiger partial charge >= 0.3 is 0 Å². The predicted octanol–water partition coefficient (Wildman–Crippen LogP) is 3.66. The quantitative estimate of drug-likeness (QED) is 0.683. The Morgan fingerprint density at radius 3 is 2.40 bits per heavy atom. The van der Waals surface area contributed by atoms with Crippen LogP contribution in [0.2, 0.25) is 0 Å². The number of rotatable bonds is 10. The molecule has 0 heterocycles. The molecule has 1 saturated carbocycles. The minimum Gasteiger partial charge on any atom is -0.497 e. The minimum atomic E-state index is -3.36. The summed E-state index contributed by atoms with van der Waals surface area (Å²) in [5, 5.41) is 0. The lowest BCUT2D eigenvalue weighted by Crippen LogP contribution is -2.33. The molecule has 1 aliphatic rings. The Morgan fingerprint density at radius 1 is 1.20 bits per heavy atom. The van der Waals surface area contributed by atoms with Gasteiger partial charge in [0.05, 0.1) is 25.6 Å². The number of nitrogens with one attached hydrogen (secondary N) is 1. The van der Waals surface area contributed by atoms with E-state index in [-0.39, 0.29) is 17.7 Å². The fourth-order valence-corrected chi connectivity index (χ4v) is 4.94. The van der Waals surface area contributed by atoms with E-state index in [1.807, 2.05) is 38.1 Å². The van der Waals surface area contributed by atoms with Crippen molar-refractivity contribution in [2.75, 3.05) is 19.5 Å². The summed E-state index contributed by atoms with van der Waals surface area (Å²) in [5.74, 6) is 0.831. The van der Waals surface area contributed by atoms with Gasteiger partial charge in [-0.2, -0.15) is 0 Å². The SMILES string of the molecule is CC[C@@H](NS(=O)(=O)C[C@@H](C)COC1CCCC1)c1ccc(OC)cc1. The summed E-state index contributed by atoms with van der Waals surface area (Å²) >= 11 is 0. The summed E-state index contributed by atoms with van der Waals surface area (Å²) in [6.07, 6.45) is 5.66. The van der Waals surface area contributed by atoms with Crippen LogP contribution < -0.4 is 9.46 Å². The van der Waals surface area contributed by atoms with Crippen LogP contribution in [-0.4, -0.2) is 34.0 Å². The lowest BCUT2D eigenvalue weighted by Gasteiger charge is -2.20.